The first-order valence-corrected chi connectivity index (χ1v) is 10.7. The quantitative estimate of drug-likeness (QED) is 0.630. The molecule has 0 fully saturated rings. The summed E-state index contributed by atoms with van der Waals surface area (Å²) in [6.07, 6.45) is 1.05. The molecule has 0 amide bonds. The van der Waals surface area contributed by atoms with Gasteiger partial charge in [0.1, 0.15) is 0 Å². The Balaban J connectivity index is 1.83. The van der Waals surface area contributed by atoms with Gasteiger partial charge in [-0.25, -0.2) is 0 Å². The van der Waals surface area contributed by atoms with Crippen LogP contribution in [0, 0.1) is 6.92 Å². The second kappa shape index (κ2) is 9.28. The molecule has 0 aromatic heterocycles. The summed E-state index contributed by atoms with van der Waals surface area (Å²) in [5.74, 6) is 2.96. The summed E-state index contributed by atoms with van der Waals surface area (Å²) in [6.45, 7) is 3.24. The van der Waals surface area contributed by atoms with Gasteiger partial charge in [-0.1, -0.05) is 17.7 Å². The van der Waals surface area contributed by atoms with Crippen LogP contribution in [-0.2, 0) is 16.9 Å². The first-order chi connectivity index (χ1) is 13.9. The lowest BCUT2D eigenvalue weighted by molar-refractivity contribution is 0.000143. The molecule has 0 bridgehead atoms. The highest BCUT2D eigenvalue weighted by Crippen LogP contribution is 2.44. The van der Waals surface area contributed by atoms with Gasteiger partial charge in [0, 0.05) is 10.6 Å². The number of fused-ring (bicyclic) bond motifs is 1. The van der Waals surface area contributed by atoms with Crippen molar-refractivity contribution >= 4 is 11.8 Å². The van der Waals surface area contributed by atoms with Crippen molar-refractivity contribution in [2.24, 2.45) is 0 Å². The Kier molecular flexibility index (Phi) is 6.98. The van der Waals surface area contributed by atoms with Gasteiger partial charge in [-0.2, -0.15) is 0 Å². The van der Waals surface area contributed by atoms with E-state index in [0.717, 1.165) is 17.7 Å². The summed E-state index contributed by atoms with van der Waals surface area (Å²) < 4.78 is 22.6. The Morgan fingerprint density at radius 1 is 1.00 bits per heavy atom. The van der Waals surface area contributed by atoms with Crippen LogP contribution in [0.2, 0.25) is 0 Å². The highest BCUT2D eigenvalue weighted by Gasteiger charge is 2.39. The third-order valence-electron chi connectivity index (χ3n) is 5.60. The molecule has 0 saturated heterocycles. The van der Waals surface area contributed by atoms with Gasteiger partial charge in [0.25, 0.3) is 0 Å². The monoisotopic (exact) mass is 417 g/mol. The fourth-order valence-corrected chi connectivity index (χ4v) is 5.13. The molecule has 1 aliphatic heterocycles. The summed E-state index contributed by atoms with van der Waals surface area (Å²) in [5, 5.41) is 0. The standard InChI is InChI=1S/C23H31NO4S/c1-16-7-8-21-18(11-16)23(24(2)3,9-10-29-21)15-28-14-17-12-19(25-4)22(27-6)20(13-17)26-5/h7-8,11-13H,9-10,14-15H2,1-6H3. The lowest BCUT2D eigenvalue weighted by Crippen LogP contribution is -2.47. The molecule has 0 spiro atoms. The van der Waals surface area contributed by atoms with Gasteiger partial charge in [-0.05, 0) is 56.8 Å². The molecular weight excluding hydrogens is 386 g/mol. The van der Waals surface area contributed by atoms with Crippen molar-refractivity contribution in [2.75, 3.05) is 47.8 Å². The van der Waals surface area contributed by atoms with Gasteiger partial charge in [0.2, 0.25) is 5.75 Å². The molecule has 158 valence electrons. The number of hydrogen-bond donors (Lipinski definition) is 0. The maximum absolute atomic E-state index is 6.29. The molecule has 0 radical (unpaired) electrons. The zero-order chi connectivity index (χ0) is 21.0. The van der Waals surface area contributed by atoms with Gasteiger partial charge < -0.3 is 18.9 Å². The van der Waals surface area contributed by atoms with Crippen molar-refractivity contribution in [1.29, 1.82) is 0 Å². The van der Waals surface area contributed by atoms with Gasteiger partial charge in [-0.15, -0.1) is 11.8 Å². The first-order valence-electron chi connectivity index (χ1n) is 9.73. The summed E-state index contributed by atoms with van der Waals surface area (Å²) >= 11 is 1.93. The van der Waals surface area contributed by atoms with Gasteiger partial charge in [-0.3, -0.25) is 4.90 Å². The number of benzene rings is 2. The minimum absolute atomic E-state index is 0.132. The summed E-state index contributed by atoms with van der Waals surface area (Å²) in [6, 6.07) is 10.6. The second-order valence-corrected chi connectivity index (χ2v) is 8.69. The first kappa shape index (κ1) is 21.8. The van der Waals surface area contributed by atoms with E-state index < -0.39 is 0 Å². The van der Waals surface area contributed by atoms with E-state index >= 15 is 0 Å². The highest BCUT2D eigenvalue weighted by molar-refractivity contribution is 7.99. The van der Waals surface area contributed by atoms with Crippen LogP contribution in [0.15, 0.2) is 35.2 Å². The lowest BCUT2D eigenvalue weighted by Gasteiger charge is -2.44. The molecule has 0 saturated carbocycles. The fourth-order valence-electron chi connectivity index (χ4n) is 3.90. The van der Waals surface area contributed by atoms with E-state index in [9.17, 15) is 0 Å². The lowest BCUT2D eigenvalue weighted by atomic mass is 9.85. The normalized spacial score (nSPS) is 18.4. The van der Waals surface area contributed by atoms with Gasteiger partial charge in [0.05, 0.1) is 40.1 Å². The number of hydrogen-bond acceptors (Lipinski definition) is 6. The van der Waals surface area contributed by atoms with Crippen molar-refractivity contribution < 1.29 is 18.9 Å². The maximum Gasteiger partial charge on any atom is 0.203 e. The maximum atomic E-state index is 6.29. The van der Waals surface area contributed by atoms with Crippen LogP contribution in [0.25, 0.3) is 0 Å². The Labute approximate surface area is 178 Å². The molecule has 1 aliphatic rings. The third-order valence-corrected chi connectivity index (χ3v) is 6.68. The van der Waals surface area contributed by atoms with E-state index in [2.05, 4.69) is 44.1 Å². The average molecular weight is 418 g/mol. The van der Waals surface area contributed by atoms with E-state index in [0.29, 0.717) is 30.5 Å². The Morgan fingerprint density at radius 2 is 1.69 bits per heavy atom. The van der Waals surface area contributed by atoms with Gasteiger partial charge >= 0.3 is 0 Å². The van der Waals surface area contributed by atoms with Crippen molar-refractivity contribution in [3.05, 3.63) is 47.0 Å². The summed E-state index contributed by atoms with van der Waals surface area (Å²) in [4.78, 5) is 3.66. The van der Waals surface area contributed by atoms with Crippen LogP contribution in [0.1, 0.15) is 23.1 Å². The van der Waals surface area contributed by atoms with E-state index in [-0.39, 0.29) is 5.54 Å². The Bertz CT molecular complexity index is 830. The number of rotatable bonds is 8. The molecule has 1 atom stereocenters. The highest BCUT2D eigenvalue weighted by atomic mass is 32.2. The predicted octanol–water partition coefficient (Wildman–Crippen LogP) is 4.49. The molecule has 29 heavy (non-hydrogen) atoms. The van der Waals surface area contributed by atoms with E-state index in [1.54, 1.807) is 21.3 Å². The minimum Gasteiger partial charge on any atom is -0.493 e. The van der Waals surface area contributed by atoms with Crippen LogP contribution in [-0.4, -0.2) is 52.7 Å². The minimum atomic E-state index is -0.132. The van der Waals surface area contributed by atoms with Crippen LogP contribution in [0.5, 0.6) is 17.2 Å². The predicted molar refractivity (Wildman–Crippen MR) is 118 cm³/mol. The molecular formula is C23H31NO4S. The van der Waals surface area contributed by atoms with Crippen LogP contribution < -0.4 is 14.2 Å². The number of likely N-dealkylation sites (N-methyl/N-ethyl adjacent to an activating group) is 1. The zero-order valence-corrected chi connectivity index (χ0v) is 19.0. The van der Waals surface area contributed by atoms with Crippen molar-refractivity contribution in [1.82, 2.24) is 4.90 Å². The van der Waals surface area contributed by atoms with Crippen LogP contribution in [0.4, 0.5) is 0 Å². The molecule has 3 rings (SSSR count). The Hall–Kier alpha value is -1.89. The molecule has 5 nitrogen and oxygen atoms in total. The molecule has 0 aliphatic carbocycles. The number of methoxy groups -OCH3 is 3. The van der Waals surface area contributed by atoms with Crippen LogP contribution >= 0.6 is 11.8 Å². The molecule has 2 aromatic carbocycles. The van der Waals surface area contributed by atoms with Crippen molar-refractivity contribution in [2.45, 2.75) is 30.4 Å². The summed E-state index contributed by atoms with van der Waals surface area (Å²) in [5.41, 5.74) is 3.50. The average Bonchev–Trinajstić information content (AvgIpc) is 2.72. The molecule has 0 N–H and O–H groups in total. The third kappa shape index (κ3) is 4.34. The number of ether oxygens (including phenoxy) is 4. The topological polar surface area (TPSA) is 40.2 Å². The molecule has 6 heteroatoms. The van der Waals surface area contributed by atoms with E-state index in [1.165, 1.54) is 16.0 Å². The Morgan fingerprint density at radius 3 is 2.28 bits per heavy atom. The number of thioether (sulfide) groups is 1. The van der Waals surface area contributed by atoms with E-state index in [4.69, 9.17) is 18.9 Å². The van der Waals surface area contributed by atoms with Crippen LogP contribution in [0.3, 0.4) is 0 Å². The fraction of sp³-hybridized carbons (Fsp3) is 0.478. The SMILES string of the molecule is COc1cc(COCC2(N(C)C)CCSc3ccc(C)cc32)cc(OC)c1OC. The molecule has 1 heterocycles. The number of aryl methyl sites for hydroxylation is 1. The number of nitrogens with zero attached hydrogens (tertiary/aromatic N) is 1. The smallest absolute Gasteiger partial charge is 0.203 e. The van der Waals surface area contributed by atoms with Crippen molar-refractivity contribution in [3.63, 3.8) is 0 Å². The zero-order valence-electron chi connectivity index (χ0n) is 18.2. The van der Waals surface area contributed by atoms with Gasteiger partial charge in [0.15, 0.2) is 11.5 Å². The summed E-state index contributed by atoms with van der Waals surface area (Å²) in [7, 11) is 9.15. The largest absolute Gasteiger partial charge is 0.493 e. The van der Waals surface area contributed by atoms with Crippen molar-refractivity contribution in [3.8, 4) is 17.2 Å². The molecule has 2 aromatic rings. The van der Waals surface area contributed by atoms with E-state index in [1.807, 2.05) is 23.9 Å². The molecule has 1 unspecified atom stereocenters. The second-order valence-electron chi connectivity index (χ2n) is 7.55.